The molecule has 0 bridgehead atoms. The van der Waals surface area contributed by atoms with E-state index in [1.165, 1.54) is 12.1 Å². The van der Waals surface area contributed by atoms with Gasteiger partial charge in [-0.3, -0.25) is 4.79 Å². The van der Waals surface area contributed by atoms with Gasteiger partial charge in [0.1, 0.15) is 5.75 Å². The highest BCUT2D eigenvalue weighted by molar-refractivity contribution is 6.42. The van der Waals surface area contributed by atoms with Crippen LogP contribution in [0, 0.1) is 0 Å². The molecule has 1 saturated heterocycles. The van der Waals surface area contributed by atoms with Crippen LogP contribution in [0.25, 0.3) is 0 Å². The molecule has 2 rings (SSSR count). The van der Waals surface area contributed by atoms with E-state index < -0.39 is 0 Å². The molecule has 1 aliphatic heterocycles. The number of halogens is 2. The first kappa shape index (κ1) is 16.1. The van der Waals surface area contributed by atoms with Gasteiger partial charge in [-0.2, -0.15) is 0 Å². The molecule has 0 atom stereocenters. The van der Waals surface area contributed by atoms with Crippen molar-refractivity contribution in [3.8, 4) is 5.75 Å². The lowest BCUT2D eigenvalue weighted by atomic mass is 10.3. The number of likely N-dealkylation sites (tertiary alicyclic amines) is 1. The Kier molecular flexibility index (Phi) is 6.99. The molecule has 0 aliphatic carbocycles. The first-order chi connectivity index (χ1) is 9.04. The Morgan fingerprint density at radius 2 is 2.05 bits per heavy atom. The molecule has 1 amide bonds. The Balaban J connectivity index is 0.000000191. The van der Waals surface area contributed by atoms with Crippen LogP contribution < -0.4 is 5.73 Å². The number of nitrogens with two attached hydrogens (primary N) is 1. The van der Waals surface area contributed by atoms with Crippen LogP contribution in [0.5, 0.6) is 5.75 Å². The Labute approximate surface area is 123 Å². The summed E-state index contributed by atoms with van der Waals surface area (Å²) in [6.07, 6.45) is 2.71. The van der Waals surface area contributed by atoms with Crippen LogP contribution in [0.15, 0.2) is 18.2 Å². The molecule has 1 aliphatic rings. The van der Waals surface area contributed by atoms with Gasteiger partial charge in [0, 0.05) is 19.5 Å². The van der Waals surface area contributed by atoms with E-state index in [4.69, 9.17) is 34.0 Å². The van der Waals surface area contributed by atoms with Gasteiger partial charge in [0.25, 0.3) is 0 Å². The van der Waals surface area contributed by atoms with Crippen LogP contribution in [-0.2, 0) is 4.79 Å². The lowest BCUT2D eigenvalue weighted by molar-refractivity contribution is -0.127. The molecule has 0 spiro atoms. The van der Waals surface area contributed by atoms with Gasteiger partial charge in [0.15, 0.2) is 0 Å². The van der Waals surface area contributed by atoms with E-state index in [9.17, 15) is 4.79 Å². The van der Waals surface area contributed by atoms with E-state index in [0.29, 0.717) is 22.5 Å². The lowest BCUT2D eigenvalue weighted by Gasteiger charge is -2.13. The van der Waals surface area contributed by atoms with E-state index in [-0.39, 0.29) is 5.75 Å². The van der Waals surface area contributed by atoms with Crippen molar-refractivity contribution in [2.75, 3.05) is 19.6 Å². The number of nitrogens with zero attached hydrogens (tertiary/aromatic N) is 1. The number of phenolic OH excluding ortho intramolecular Hbond substituents is 1. The number of phenols is 1. The number of hydrogen-bond donors (Lipinski definition) is 2. The van der Waals surface area contributed by atoms with Crippen molar-refractivity contribution in [1.82, 2.24) is 4.90 Å². The van der Waals surface area contributed by atoms with Crippen molar-refractivity contribution in [2.24, 2.45) is 5.73 Å². The zero-order valence-electron chi connectivity index (χ0n) is 10.6. The molecule has 3 N–H and O–H groups in total. The van der Waals surface area contributed by atoms with Gasteiger partial charge in [0.2, 0.25) is 5.91 Å². The van der Waals surface area contributed by atoms with Crippen LogP contribution in [0.4, 0.5) is 0 Å². The average molecular weight is 305 g/mol. The lowest BCUT2D eigenvalue weighted by Crippen LogP contribution is -2.27. The maximum Gasteiger partial charge on any atom is 0.222 e. The molecule has 1 fully saturated rings. The SMILES string of the molecule is NCCCN1CCCC1=O.Oc1ccc(Cl)c(Cl)c1. The van der Waals surface area contributed by atoms with Gasteiger partial charge >= 0.3 is 0 Å². The van der Waals surface area contributed by atoms with Crippen molar-refractivity contribution >= 4 is 29.1 Å². The molecule has 0 unspecified atom stereocenters. The van der Waals surface area contributed by atoms with Gasteiger partial charge in [0.05, 0.1) is 10.0 Å². The van der Waals surface area contributed by atoms with E-state index in [0.717, 1.165) is 32.4 Å². The molecule has 4 nitrogen and oxygen atoms in total. The number of hydrogen-bond acceptors (Lipinski definition) is 3. The van der Waals surface area contributed by atoms with Gasteiger partial charge in [-0.05, 0) is 37.6 Å². The highest BCUT2D eigenvalue weighted by Gasteiger charge is 2.18. The standard InChI is InChI=1S/C7H14N2O.C6H4Cl2O/c8-4-2-6-9-5-1-3-7(9)10;7-5-2-1-4(9)3-6(5)8/h1-6,8H2;1-3,9H. The third-order valence-corrected chi connectivity index (χ3v) is 3.45. The summed E-state index contributed by atoms with van der Waals surface area (Å²) >= 11 is 11.1. The summed E-state index contributed by atoms with van der Waals surface area (Å²) < 4.78 is 0. The van der Waals surface area contributed by atoms with Gasteiger partial charge in [-0.1, -0.05) is 23.2 Å². The molecule has 0 saturated carbocycles. The van der Waals surface area contributed by atoms with Crippen molar-refractivity contribution in [3.05, 3.63) is 28.2 Å². The zero-order chi connectivity index (χ0) is 14.3. The number of rotatable bonds is 3. The summed E-state index contributed by atoms with van der Waals surface area (Å²) in [5.41, 5.74) is 5.31. The van der Waals surface area contributed by atoms with Crippen molar-refractivity contribution < 1.29 is 9.90 Å². The fourth-order valence-electron chi connectivity index (χ4n) is 1.71. The molecular formula is C13H18Cl2N2O2. The zero-order valence-corrected chi connectivity index (χ0v) is 12.1. The minimum atomic E-state index is 0.129. The van der Waals surface area contributed by atoms with E-state index >= 15 is 0 Å². The van der Waals surface area contributed by atoms with E-state index in [1.54, 1.807) is 6.07 Å². The first-order valence-corrected chi connectivity index (χ1v) is 6.92. The van der Waals surface area contributed by atoms with Crippen LogP contribution >= 0.6 is 23.2 Å². The highest BCUT2D eigenvalue weighted by atomic mass is 35.5. The molecule has 0 radical (unpaired) electrons. The molecule has 1 aromatic carbocycles. The average Bonchev–Trinajstić information content (AvgIpc) is 2.78. The number of aromatic hydroxyl groups is 1. The number of amides is 1. The second kappa shape index (κ2) is 8.25. The first-order valence-electron chi connectivity index (χ1n) is 6.16. The second-order valence-electron chi connectivity index (χ2n) is 4.22. The number of carbonyl (C=O) groups is 1. The van der Waals surface area contributed by atoms with Crippen LogP contribution in [0.2, 0.25) is 10.0 Å². The fraction of sp³-hybridized carbons (Fsp3) is 0.462. The van der Waals surface area contributed by atoms with Crippen molar-refractivity contribution in [2.45, 2.75) is 19.3 Å². The highest BCUT2D eigenvalue weighted by Crippen LogP contribution is 2.25. The summed E-state index contributed by atoms with van der Waals surface area (Å²) in [6.45, 7) is 2.48. The Hall–Kier alpha value is -0.970. The third-order valence-electron chi connectivity index (χ3n) is 2.71. The Morgan fingerprint density at radius 1 is 1.32 bits per heavy atom. The van der Waals surface area contributed by atoms with Crippen molar-refractivity contribution in [3.63, 3.8) is 0 Å². The van der Waals surface area contributed by atoms with Gasteiger partial charge < -0.3 is 15.7 Å². The van der Waals surface area contributed by atoms with Crippen molar-refractivity contribution in [1.29, 1.82) is 0 Å². The monoisotopic (exact) mass is 304 g/mol. The number of carbonyl (C=O) groups excluding carboxylic acids is 1. The predicted molar refractivity (Wildman–Crippen MR) is 77.6 cm³/mol. The summed E-state index contributed by atoms with van der Waals surface area (Å²) in [5, 5.41) is 9.62. The van der Waals surface area contributed by atoms with E-state index in [1.807, 2.05) is 4.90 Å². The third kappa shape index (κ3) is 5.68. The second-order valence-corrected chi connectivity index (χ2v) is 5.04. The molecule has 19 heavy (non-hydrogen) atoms. The Bertz CT molecular complexity index is 427. The molecule has 106 valence electrons. The maximum atomic E-state index is 11.0. The largest absolute Gasteiger partial charge is 0.508 e. The molecule has 0 aromatic heterocycles. The summed E-state index contributed by atoms with van der Waals surface area (Å²) in [5.74, 6) is 0.429. The number of benzene rings is 1. The smallest absolute Gasteiger partial charge is 0.222 e. The fourth-order valence-corrected chi connectivity index (χ4v) is 2.00. The quantitative estimate of drug-likeness (QED) is 0.902. The Morgan fingerprint density at radius 3 is 2.53 bits per heavy atom. The summed E-state index contributed by atoms with van der Waals surface area (Å²) in [4.78, 5) is 12.9. The van der Waals surface area contributed by atoms with Gasteiger partial charge in [-0.25, -0.2) is 0 Å². The predicted octanol–water partition coefficient (Wildman–Crippen LogP) is 2.66. The van der Waals surface area contributed by atoms with Gasteiger partial charge in [-0.15, -0.1) is 0 Å². The minimum Gasteiger partial charge on any atom is -0.508 e. The molecular weight excluding hydrogens is 287 g/mol. The molecule has 1 aromatic rings. The summed E-state index contributed by atoms with van der Waals surface area (Å²) in [6, 6.07) is 4.41. The van der Waals surface area contributed by atoms with E-state index in [2.05, 4.69) is 0 Å². The summed E-state index contributed by atoms with van der Waals surface area (Å²) in [7, 11) is 0. The normalized spacial score (nSPS) is 14.3. The topological polar surface area (TPSA) is 66.6 Å². The van der Waals surface area contributed by atoms with Crippen LogP contribution in [0.1, 0.15) is 19.3 Å². The van der Waals surface area contributed by atoms with Crippen LogP contribution in [-0.4, -0.2) is 35.5 Å². The molecule has 1 heterocycles. The maximum absolute atomic E-state index is 11.0. The van der Waals surface area contributed by atoms with Crippen LogP contribution in [0.3, 0.4) is 0 Å². The molecule has 6 heteroatoms. The minimum absolute atomic E-state index is 0.129.